The quantitative estimate of drug-likeness (QED) is 0.633. The molecule has 1 saturated carbocycles. The van der Waals surface area contributed by atoms with Crippen LogP contribution in [0.5, 0.6) is 0 Å². The number of carbonyl (C=O) groups excluding carboxylic acids is 2. The highest BCUT2D eigenvalue weighted by atomic mass is 16.5. The van der Waals surface area contributed by atoms with Gasteiger partial charge >= 0.3 is 5.97 Å². The molecule has 20 heavy (non-hydrogen) atoms. The molecule has 1 aliphatic rings. The van der Waals surface area contributed by atoms with Gasteiger partial charge in [0.15, 0.2) is 5.78 Å². The van der Waals surface area contributed by atoms with Crippen molar-refractivity contribution in [1.29, 1.82) is 0 Å². The summed E-state index contributed by atoms with van der Waals surface area (Å²) in [6.45, 7) is 2.24. The highest BCUT2D eigenvalue weighted by molar-refractivity contribution is 5.97. The molecule has 5 nitrogen and oxygen atoms in total. The lowest BCUT2D eigenvalue weighted by atomic mass is 10.2. The molecule has 1 aliphatic carbocycles. The van der Waals surface area contributed by atoms with Gasteiger partial charge in [-0.15, -0.1) is 0 Å². The summed E-state index contributed by atoms with van der Waals surface area (Å²) in [7, 11) is 1.37. The van der Waals surface area contributed by atoms with E-state index in [1.54, 1.807) is 12.1 Å². The summed E-state index contributed by atoms with van der Waals surface area (Å²) in [5.41, 5.74) is 1.61. The molecular weight excluding hydrogens is 256 g/mol. The van der Waals surface area contributed by atoms with Gasteiger partial charge < -0.3 is 9.30 Å². The van der Waals surface area contributed by atoms with E-state index in [2.05, 4.69) is 4.98 Å². The lowest BCUT2D eigenvalue weighted by Crippen LogP contribution is -2.12. The van der Waals surface area contributed by atoms with Crippen molar-refractivity contribution >= 4 is 22.8 Å². The van der Waals surface area contributed by atoms with Crippen LogP contribution in [-0.2, 0) is 11.3 Å². The summed E-state index contributed by atoms with van der Waals surface area (Å²) < 4.78 is 6.71. The molecule has 0 aliphatic heterocycles. The molecule has 0 bridgehead atoms. The summed E-state index contributed by atoms with van der Waals surface area (Å²) in [6, 6.07) is 5.29. The lowest BCUT2D eigenvalue weighted by molar-refractivity contribution is 0.0588. The van der Waals surface area contributed by atoms with Crippen LogP contribution in [0.25, 0.3) is 11.0 Å². The Morgan fingerprint density at radius 2 is 2.15 bits per heavy atom. The first-order valence-electron chi connectivity index (χ1n) is 6.69. The zero-order valence-corrected chi connectivity index (χ0v) is 11.5. The number of aromatic nitrogens is 2. The van der Waals surface area contributed by atoms with Gasteiger partial charge in [0, 0.05) is 18.9 Å². The van der Waals surface area contributed by atoms with E-state index >= 15 is 0 Å². The van der Waals surface area contributed by atoms with Crippen LogP contribution in [0.4, 0.5) is 0 Å². The van der Waals surface area contributed by atoms with E-state index in [4.69, 9.17) is 4.74 Å². The van der Waals surface area contributed by atoms with Crippen molar-refractivity contribution in [2.45, 2.75) is 26.3 Å². The third kappa shape index (κ3) is 2.19. The summed E-state index contributed by atoms with van der Waals surface area (Å²) in [5, 5.41) is 0.857. The first kappa shape index (κ1) is 12.8. The second kappa shape index (κ2) is 4.74. The van der Waals surface area contributed by atoms with Crippen LogP contribution in [0, 0.1) is 5.92 Å². The van der Waals surface area contributed by atoms with Crippen molar-refractivity contribution in [3.05, 3.63) is 29.6 Å². The fourth-order valence-electron chi connectivity index (χ4n) is 2.34. The van der Waals surface area contributed by atoms with Gasteiger partial charge in [-0.25, -0.2) is 9.78 Å². The zero-order chi connectivity index (χ0) is 14.3. The van der Waals surface area contributed by atoms with E-state index in [0.29, 0.717) is 23.0 Å². The van der Waals surface area contributed by atoms with E-state index in [1.807, 2.05) is 10.6 Å². The second-order valence-electron chi connectivity index (χ2n) is 5.24. The van der Waals surface area contributed by atoms with Crippen molar-refractivity contribution in [1.82, 2.24) is 9.55 Å². The number of ether oxygens (including phenoxy) is 1. The third-order valence-corrected chi connectivity index (χ3v) is 3.64. The Labute approximate surface area is 116 Å². The lowest BCUT2D eigenvalue weighted by Gasteiger charge is -2.08. The Hall–Kier alpha value is -2.17. The van der Waals surface area contributed by atoms with Gasteiger partial charge in [0.2, 0.25) is 0 Å². The van der Waals surface area contributed by atoms with Gasteiger partial charge in [-0.3, -0.25) is 4.79 Å². The predicted octanol–water partition coefficient (Wildman–Crippen LogP) is 2.44. The van der Waals surface area contributed by atoms with Gasteiger partial charge in [-0.05, 0) is 37.0 Å². The number of ketones is 1. The van der Waals surface area contributed by atoms with Crippen LogP contribution >= 0.6 is 0 Å². The summed E-state index contributed by atoms with van der Waals surface area (Å²) in [5.74, 6) is 0.149. The first-order valence-corrected chi connectivity index (χ1v) is 6.69. The zero-order valence-electron chi connectivity index (χ0n) is 11.5. The number of hydrogen-bond donors (Lipinski definition) is 0. The minimum atomic E-state index is -0.368. The SMILES string of the molecule is COC(=O)c1cc2ccc(C(C)=O)nc2n1CC1CC1. The number of pyridine rings is 1. The molecule has 2 aromatic heterocycles. The van der Waals surface area contributed by atoms with E-state index in [-0.39, 0.29) is 11.8 Å². The van der Waals surface area contributed by atoms with E-state index in [1.165, 1.54) is 26.9 Å². The molecule has 0 atom stereocenters. The molecule has 0 aromatic carbocycles. The molecule has 0 radical (unpaired) electrons. The molecule has 2 heterocycles. The van der Waals surface area contributed by atoms with Crippen molar-refractivity contribution in [3.8, 4) is 0 Å². The molecule has 1 fully saturated rings. The van der Waals surface area contributed by atoms with E-state index < -0.39 is 0 Å². The minimum absolute atomic E-state index is 0.0781. The van der Waals surface area contributed by atoms with Crippen LogP contribution in [-0.4, -0.2) is 28.4 Å². The second-order valence-corrected chi connectivity index (χ2v) is 5.24. The number of hydrogen-bond acceptors (Lipinski definition) is 4. The van der Waals surface area contributed by atoms with Crippen molar-refractivity contribution < 1.29 is 14.3 Å². The van der Waals surface area contributed by atoms with Gasteiger partial charge in [0.1, 0.15) is 17.0 Å². The molecule has 0 saturated heterocycles. The molecule has 3 rings (SSSR count). The van der Waals surface area contributed by atoms with Crippen molar-refractivity contribution in [2.75, 3.05) is 7.11 Å². The summed E-state index contributed by atoms with van der Waals surface area (Å²) >= 11 is 0. The third-order valence-electron chi connectivity index (χ3n) is 3.64. The number of rotatable bonds is 4. The van der Waals surface area contributed by atoms with E-state index in [9.17, 15) is 9.59 Å². The normalized spacial score (nSPS) is 14.5. The maximum atomic E-state index is 11.9. The monoisotopic (exact) mass is 272 g/mol. The Bertz CT molecular complexity index is 698. The van der Waals surface area contributed by atoms with Crippen LogP contribution in [0.15, 0.2) is 18.2 Å². The van der Waals surface area contributed by atoms with Gasteiger partial charge in [0.05, 0.1) is 7.11 Å². The van der Waals surface area contributed by atoms with Gasteiger partial charge in [-0.1, -0.05) is 0 Å². The van der Waals surface area contributed by atoms with Crippen LogP contribution in [0.3, 0.4) is 0 Å². The molecule has 0 amide bonds. The van der Waals surface area contributed by atoms with Crippen LogP contribution in [0.2, 0.25) is 0 Å². The number of methoxy groups -OCH3 is 1. The molecule has 0 spiro atoms. The Morgan fingerprint density at radius 1 is 1.40 bits per heavy atom. The van der Waals surface area contributed by atoms with Gasteiger partial charge in [-0.2, -0.15) is 0 Å². The number of nitrogens with zero attached hydrogens (tertiary/aromatic N) is 2. The van der Waals surface area contributed by atoms with Crippen LogP contribution in [0.1, 0.15) is 40.7 Å². The number of fused-ring (bicyclic) bond motifs is 1. The average molecular weight is 272 g/mol. The van der Waals surface area contributed by atoms with E-state index in [0.717, 1.165) is 11.9 Å². The summed E-state index contributed by atoms with van der Waals surface area (Å²) in [4.78, 5) is 27.8. The van der Waals surface area contributed by atoms with Crippen molar-refractivity contribution in [3.63, 3.8) is 0 Å². The van der Waals surface area contributed by atoms with Crippen LogP contribution < -0.4 is 0 Å². The molecule has 2 aromatic rings. The fraction of sp³-hybridized carbons (Fsp3) is 0.400. The summed E-state index contributed by atoms with van der Waals surface area (Å²) in [6.07, 6.45) is 2.35. The highest BCUT2D eigenvalue weighted by Gasteiger charge is 2.26. The Kier molecular flexibility index (Phi) is 3.04. The predicted molar refractivity (Wildman–Crippen MR) is 73.8 cm³/mol. The van der Waals surface area contributed by atoms with Crippen molar-refractivity contribution in [2.24, 2.45) is 5.92 Å². The maximum Gasteiger partial charge on any atom is 0.354 e. The number of esters is 1. The molecule has 104 valence electrons. The highest BCUT2D eigenvalue weighted by Crippen LogP contribution is 2.33. The van der Waals surface area contributed by atoms with Gasteiger partial charge in [0.25, 0.3) is 0 Å². The topological polar surface area (TPSA) is 61.2 Å². The molecule has 0 unspecified atom stereocenters. The Morgan fingerprint density at radius 3 is 2.75 bits per heavy atom. The molecule has 5 heteroatoms. The molecule has 0 N–H and O–H groups in total. The smallest absolute Gasteiger partial charge is 0.354 e. The molecular formula is C15H16N2O3. The standard InChI is InChI=1S/C15H16N2O3/c1-9(18)12-6-5-11-7-13(15(19)20-2)17(14(11)16-12)8-10-3-4-10/h5-7,10H,3-4,8H2,1-2H3. The fourth-order valence-corrected chi connectivity index (χ4v) is 2.34. The maximum absolute atomic E-state index is 11.9. The average Bonchev–Trinajstić information content (AvgIpc) is 3.18. The Balaban J connectivity index is 2.17. The first-order chi connectivity index (χ1) is 9.60. The largest absolute Gasteiger partial charge is 0.464 e. The number of Topliss-reactive ketones (excluding diaryl/α,β-unsaturated/α-hetero) is 1. The minimum Gasteiger partial charge on any atom is -0.464 e. The number of carbonyl (C=O) groups is 2.